The van der Waals surface area contributed by atoms with Crippen molar-refractivity contribution in [3.63, 3.8) is 0 Å². The first kappa shape index (κ1) is 20.3. The third-order valence-corrected chi connectivity index (χ3v) is 6.39. The molecule has 0 saturated carbocycles. The third kappa shape index (κ3) is 4.72. The van der Waals surface area contributed by atoms with E-state index in [1.807, 2.05) is 29.9 Å². The quantitative estimate of drug-likeness (QED) is 0.766. The van der Waals surface area contributed by atoms with Crippen molar-refractivity contribution >= 4 is 5.91 Å². The first-order valence-electron chi connectivity index (χ1n) is 10.6. The lowest BCUT2D eigenvalue weighted by Crippen LogP contribution is -2.45. The molecule has 1 aromatic heterocycles. The lowest BCUT2D eigenvalue weighted by atomic mass is 9.85. The van der Waals surface area contributed by atoms with Crippen molar-refractivity contribution in [3.05, 3.63) is 18.0 Å². The molecule has 3 heterocycles. The molecule has 0 N–H and O–H groups in total. The molecule has 0 aromatic carbocycles. The first-order chi connectivity index (χ1) is 13.0. The second kappa shape index (κ2) is 9.20. The van der Waals surface area contributed by atoms with Gasteiger partial charge in [-0.3, -0.25) is 14.4 Å². The number of hydrogen-bond donors (Lipinski definition) is 0. The number of carbonyl (C=O) groups is 1. The van der Waals surface area contributed by atoms with Crippen LogP contribution in [-0.2, 0) is 16.6 Å². The summed E-state index contributed by atoms with van der Waals surface area (Å²) in [5.41, 5.74) is 1.28. The van der Waals surface area contributed by atoms with E-state index in [-0.39, 0.29) is 12.0 Å². The number of nitrogens with zero attached hydrogens (tertiary/aromatic N) is 4. The fraction of sp³-hybridized carbons (Fsp3) is 0.810. The SMILES string of the molecule is CC[C@H]1C[C@H](C(=O)N(C)C[C@@H]2CCCN(CC)[C@H]2c2cnn(C)c2)CCO1. The van der Waals surface area contributed by atoms with Gasteiger partial charge in [0.05, 0.1) is 12.3 Å². The predicted octanol–water partition coefficient (Wildman–Crippen LogP) is 2.86. The van der Waals surface area contributed by atoms with E-state index >= 15 is 0 Å². The zero-order valence-electron chi connectivity index (χ0n) is 17.4. The monoisotopic (exact) mass is 376 g/mol. The molecule has 0 aliphatic carbocycles. The minimum Gasteiger partial charge on any atom is -0.378 e. The van der Waals surface area contributed by atoms with Gasteiger partial charge in [-0.05, 0) is 51.1 Å². The smallest absolute Gasteiger partial charge is 0.225 e. The van der Waals surface area contributed by atoms with Crippen LogP contribution in [0.1, 0.15) is 57.6 Å². The lowest BCUT2D eigenvalue weighted by molar-refractivity contribution is -0.140. The van der Waals surface area contributed by atoms with Crippen LogP contribution in [0.5, 0.6) is 0 Å². The Labute approximate surface area is 163 Å². The van der Waals surface area contributed by atoms with Crippen molar-refractivity contribution in [3.8, 4) is 0 Å². The Morgan fingerprint density at radius 2 is 2.19 bits per heavy atom. The van der Waals surface area contributed by atoms with Crippen LogP contribution in [0.3, 0.4) is 0 Å². The van der Waals surface area contributed by atoms with Crippen molar-refractivity contribution in [2.24, 2.45) is 18.9 Å². The van der Waals surface area contributed by atoms with Gasteiger partial charge in [0.15, 0.2) is 0 Å². The van der Waals surface area contributed by atoms with Gasteiger partial charge in [0, 0.05) is 51.0 Å². The van der Waals surface area contributed by atoms with Gasteiger partial charge in [0.2, 0.25) is 5.91 Å². The van der Waals surface area contributed by atoms with E-state index in [0.717, 1.165) is 38.9 Å². The van der Waals surface area contributed by atoms with E-state index in [4.69, 9.17) is 4.74 Å². The van der Waals surface area contributed by atoms with Crippen LogP contribution < -0.4 is 0 Å². The van der Waals surface area contributed by atoms with Crippen LogP contribution in [0.2, 0.25) is 0 Å². The summed E-state index contributed by atoms with van der Waals surface area (Å²) in [6, 6.07) is 0.353. The third-order valence-electron chi connectivity index (χ3n) is 6.39. The molecule has 2 fully saturated rings. The van der Waals surface area contributed by atoms with Gasteiger partial charge >= 0.3 is 0 Å². The van der Waals surface area contributed by atoms with Crippen molar-refractivity contribution in [1.82, 2.24) is 19.6 Å². The normalized spacial score (nSPS) is 29.6. The van der Waals surface area contributed by atoms with Gasteiger partial charge in [0.1, 0.15) is 0 Å². The summed E-state index contributed by atoms with van der Waals surface area (Å²) in [5.74, 6) is 0.880. The standard InChI is InChI=1S/C21H36N4O2/c1-5-19-12-16(9-11-27-19)21(26)23(3)14-17-8-7-10-25(6-2)20(17)18-13-22-24(4)15-18/h13,15-17,19-20H,5-12,14H2,1-4H3/t16-,17+,19+,20-/m1/s1. The van der Waals surface area contributed by atoms with Crippen LogP contribution in [0.25, 0.3) is 0 Å². The number of aryl methyl sites for hydroxylation is 1. The summed E-state index contributed by atoms with van der Waals surface area (Å²) in [4.78, 5) is 17.6. The molecule has 0 bridgehead atoms. The number of rotatable bonds is 6. The molecule has 0 radical (unpaired) electrons. The zero-order valence-corrected chi connectivity index (χ0v) is 17.4. The summed E-state index contributed by atoms with van der Waals surface area (Å²) >= 11 is 0. The Morgan fingerprint density at radius 1 is 1.37 bits per heavy atom. The molecule has 4 atom stereocenters. The van der Waals surface area contributed by atoms with Gasteiger partial charge in [0.25, 0.3) is 0 Å². The van der Waals surface area contributed by atoms with Gasteiger partial charge in [-0.25, -0.2) is 0 Å². The van der Waals surface area contributed by atoms with Crippen molar-refractivity contribution in [2.75, 3.05) is 33.3 Å². The summed E-state index contributed by atoms with van der Waals surface area (Å²) in [6.07, 6.45) is 9.47. The number of likely N-dealkylation sites (tertiary alicyclic amines) is 1. The number of ether oxygens (including phenoxy) is 1. The highest BCUT2D eigenvalue weighted by Crippen LogP contribution is 2.36. The number of aromatic nitrogens is 2. The van der Waals surface area contributed by atoms with E-state index < -0.39 is 0 Å². The second-order valence-corrected chi connectivity index (χ2v) is 8.26. The molecule has 2 aliphatic heterocycles. The summed E-state index contributed by atoms with van der Waals surface area (Å²) in [7, 11) is 3.96. The first-order valence-corrected chi connectivity index (χ1v) is 10.6. The summed E-state index contributed by atoms with van der Waals surface area (Å²) < 4.78 is 7.64. The molecular weight excluding hydrogens is 340 g/mol. The van der Waals surface area contributed by atoms with E-state index in [1.165, 1.54) is 18.4 Å². The number of amides is 1. The van der Waals surface area contributed by atoms with Crippen LogP contribution in [-0.4, -0.2) is 64.9 Å². The molecule has 6 heteroatoms. The van der Waals surface area contributed by atoms with Gasteiger partial charge in [-0.2, -0.15) is 5.10 Å². The van der Waals surface area contributed by atoms with Crippen molar-refractivity contribution < 1.29 is 9.53 Å². The Balaban J connectivity index is 1.68. The highest BCUT2D eigenvalue weighted by atomic mass is 16.5. The minimum atomic E-state index is 0.122. The number of hydrogen-bond acceptors (Lipinski definition) is 4. The van der Waals surface area contributed by atoms with Crippen molar-refractivity contribution in [2.45, 2.75) is 58.1 Å². The number of piperidine rings is 1. The molecule has 2 saturated heterocycles. The molecule has 1 amide bonds. The Morgan fingerprint density at radius 3 is 2.85 bits per heavy atom. The van der Waals surface area contributed by atoms with E-state index in [1.54, 1.807) is 0 Å². The molecule has 6 nitrogen and oxygen atoms in total. The Hall–Kier alpha value is -1.40. The molecule has 2 aliphatic rings. The van der Waals surface area contributed by atoms with Gasteiger partial charge in [-0.1, -0.05) is 13.8 Å². The predicted molar refractivity (Wildman–Crippen MR) is 106 cm³/mol. The minimum absolute atomic E-state index is 0.122. The highest BCUT2D eigenvalue weighted by Gasteiger charge is 2.35. The molecule has 0 unspecified atom stereocenters. The Bertz CT molecular complexity index is 617. The van der Waals surface area contributed by atoms with Crippen LogP contribution >= 0.6 is 0 Å². The fourth-order valence-electron chi connectivity index (χ4n) is 4.92. The van der Waals surface area contributed by atoms with Crippen LogP contribution in [0.15, 0.2) is 12.4 Å². The topological polar surface area (TPSA) is 50.6 Å². The lowest BCUT2D eigenvalue weighted by Gasteiger charge is -2.42. The largest absolute Gasteiger partial charge is 0.378 e. The van der Waals surface area contributed by atoms with E-state index in [9.17, 15) is 4.79 Å². The fourth-order valence-corrected chi connectivity index (χ4v) is 4.92. The van der Waals surface area contributed by atoms with Crippen LogP contribution in [0, 0.1) is 11.8 Å². The Kier molecular flexibility index (Phi) is 6.93. The molecule has 27 heavy (non-hydrogen) atoms. The molecule has 152 valence electrons. The molecule has 3 rings (SSSR count). The van der Waals surface area contributed by atoms with E-state index in [2.05, 4.69) is 30.0 Å². The summed E-state index contributed by atoms with van der Waals surface area (Å²) in [6.45, 7) is 8.07. The maximum atomic E-state index is 13.1. The number of carbonyl (C=O) groups excluding carboxylic acids is 1. The maximum Gasteiger partial charge on any atom is 0.225 e. The summed E-state index contributed by atoms with van der Waals surface area (Å²) in [5, 5.41) is 4.40. The average molecular weight is 377 g/mol. The molecule has 1 aromatic rings. The zero-order chi connectivity index (χ0) is 19.4. The van der Waals surface area contributed by atoms with Crippen LogP contribution in [0.4, 0.5) is 0 Å². The van der Waals surface area contributed by atoms with Crippen molar-refractivity contribution in [1.29, 1.82) is 0 Å². The second-order valence-electron chi connectivity index (χ2n) is 8.26. The van der Waals surface area contributed by atoms with Gasteiger partial charge < -0.3 is 9.64 Å². The maximum absolute atomic E-state index is 13.1. The average Bonchev–Trinajstić information content (AvgIpc) is 3.12. The molecule has 0 spiro atoms. The highest BCUT2D eigenvalue weighted by molar-refractivity contribution is 5.78. The van der Waals surface area contributed by atoms with Gasteiger partial charge in [-0.15, -0.1) is 0 Å². The van der Waals surface area contributed by atoms with E-state index in [0.29, 0.717) is 24.5 Å². The molecular formula is C21H36N4O2.